The molecule has 4 aromatic rings. The van der Waals surface area contributed by atoms with Gasteiger partial charge in [0.25, 0.3) is 5.91 Å². The number of carbonyl (C=O) groups is 2. The molecule has 11 heteroatoms. The van der Waals surface area contributed by atoms with Gasteiger partial charge in [-0.25, -0.2) is 4.39 Å². The molecule has 1 aliphatic rings. The van der Waals surface area contributed by atoms with E-state index in [4.69, 9.17) is 19.7 Å². The Balaban J connectivity index is 1.30. The predicted molar refractivity (Wildman–Crippen MR) is 138 cm³/mol. The zero-order valence-corrected chi connectivity index (χ0v) is 20.8. The molecule has 0 saturated heterocycles. The number of hydrogen-bond acceptors (Lipinski definition) is 9. The minimum absolute atomic E-state index is 0.138. The molecule has 1 aliphatic carbocycles. The molecule has 1 saturated carbocycles. The van der Waals surface area contributed by atoms with Gasteiger partial charge in [0.05, 0.1) is 36.0 Å². The largest absolute Gasteiger partial charge is 0.493 e. The van der Waals surface area contributed by atoms with Crippen molar-refractivity contribution in [3.8, 4) is 11.5 Å². The molecule has 0 aliphatic heterocycles. The molecule has 0 radical (unpaired) electrons. The number of aryl methyl sites for hydroxylation is 1. The van der Waals surface area contributed by atoms with Gasteiger partial charge in [-0.15, -0.1) is 0 Å². The fourth-order valence-corrected chi connectivity index (χ4v) is 3.85. The van der Waals surface area contributed by atoms with Crippen LogP contribution in [0.2, 0.25) is 0 Å². The molecule has 0 atom stereocenters. The molecule has 38 heavy (non-hydrogen) atoms. The summed E-state index contributed by atoms with van der Waals surface area (Å²) in [4.78, 5) is 28.8. The highest BCUT2D eigenvalue weighted by atomic mass is 19.1. The average molecular weight is 520 g/mol. The minimum atomic E-state index is -0.877. The Bertz CT molecular complexity index is 1530. The van der Waals surface area contributed by atoms with Gasteiger partial charge in [-0.2, -0.15) is 0 Å². The van der Waals surface area contributed by atoms with Crippen molar-refractivity contribution < 1.29 is 28.0 Å². The number of hydrogen-bond donors (Lipinski definition) is 3. The summed E-state index contributed by atoms with van der Waals surface area (Å²) in [6.45, 7) is 2.06. The molecule has 1 amide bonds. The molecule has 2 heterocycles. The fourth-order valence-electron chi connectivity index (χ4n) is 3.85. The van der Waals surface area contributed by atoms with Crippen LogP contribution in [0.5, 0.6) is 11.5 Å². The Morgan fingerprint density at radius 2 is 1.95 bits per heavy atom. The van der Waals surface area contributed by atoms with Crippen LogP contribution in [0.1, 0.15) is 24.3 Å². The molecule has 0 unspecified atom stereocenters. The number of ketones is 1. The molecule has 2 aromatic carbocycles. The van der Waals surface area contributed by atoms with E-state index in [1.54, 1.807) is 37.4 Å². The number of pyridine rings is 1. The van der Waals surface area contributed by atoms with Crippen LogP contribution in [0.4, 0.5) is 21.5 Å². The van der Waals surface area contributed by atoms with E-state index in [1.807, 2.05) is 0 Å². The zero-order valence-electron chi connectivity index (χ0n) is 20.8. The number of carbonyl (C=O) groups excluding carboxylic acids is 2. The van der Waals surface area contributed by atoms with Crippen LogP contribution in [0.15, 0.2) is 53.2 Å². The third-order valence-corrected chi connectivity index (χ3v) is 6.20. The first-order valence-electron chi connectivity index (χ1n) is 11.9. The number of rotatable bonds is 10. The second kappa shape index (κ2) is 10.1. The third kappa shape index (κ3) is 5.57. The molecule has 1 fully saturated rings. The summed E-state index contributed by atoms with van der Waals surface area (Å²) >= 11 is 0. The number of Topliss-reactive ketones (excluding diaryl/α,β-unsaturated/α-hetero) is 1. The van der Waals surface area contributed by atoms with Crippen LogP contribution < -0.4 is 25.8 Å². The van der Waals surface area contributed by atoms with Crippen molar-refractivity contribution in [2.24, 2.45) is 5.73 Å². The molecule has 5 rings (SSSR count). The van der Waals surface area contributed by atoms with E-state index in [0.29, 0.717) is 46.2 Å². The van der Waals surface area contributed by atoms with Gasteiger partial charge in [0.15, 0.2) is 11.5 Å². The molecular formula is C27H26FN5O5. The second-order valence-electron chi connectivity index (χ2n) is 9.33. The van der Waals surface area contributed by atoms with Gasteiger partial charge < -0.3 is 30.4 Å². The summed E-state index contributed by atoms with van der Waals surface area (Å²) in [5.74, 6) is -0.663. The number of amides is 1. The molecule has 10 nitrogen and oxygen atoms in total. The van der Waals surface area contributed by atoms with E-state index in [1.165, 1.54) is 19.2 Å². The number of aromatic nitrogens is 2. The van der Waals surface area contributed by atoms with Crippen molar-refractivity contribution in [3.63, 3.8) is 0 Å². The summed E-state index contributed by atoms with van der Waals surface area (Å²) in [5, 5.41) is 9.87. The standard InChI is InChI=1S/C27H26FN5O5/c1-15-9-17(33-38-15)11-23(34)26(35)31-16-3-4-21(19(28)10-16)32-20-5-8-30-22-13-25(24(36-2)12-18(20)22)37-14-27(29)6-7-27/h3-5,8-10,12-13H,6-7,11,14,29H2,1-2H3,(H,30,32)(H,31,35). The maximum atomic E-state index is 15.0. The number of ether oxygens (including phenoxy) is 2. The maximum absolute atomic E-state index is 15.0. The first-order valence-corrected chi connectivity index (χ1v) is 11.9. The van der Waals surface area contributed by atoms with Crippen LogP contribution in [0.3, 0.4) is 0 Å². The Morgan fingerprint density at radius 3 is 2.63 bits per heavy atom. The number of methoxy groups -OCH3 is 1. The number of nitrogens with one attached hydrogen (secondary N) is 2. The summed E-state index contributed by atoms with van der Waals surface area (Å²) in [5.41, 5.74) is 7.71. The zero-order chi connectivity index (χ0) is 26.9. The lowest BCUT2D eigenvalue weighted by molar-refractivity contribution is -0.134. The van der Waals surface area contributed by atoms with Crippen molar-refractivity contribution in [2.75, 3.05) is 24.4 Å². The smallest absolute Gasteiger partial charge is 0.292 e. The van der Waals surface area contributed by atoms with Crippen molar-refractivity contribution in [3.05, 3.63) is 65.9 Å². The lowest BCUT2D eigenvalue weighted by Gasteiger charge is -2.16. The van der Waals surface area contributed by atoms with E-state index in [9.17, 15) is 14.0 Å². The van der Waals surface area contributed by atoms with Crippen molar-refractivity contribution >= 4 is 39.7 Å². The lowest BCUT2D eigenvalue weighted by Crippen LogP contribution is -2.29. The molecule has 4 N–H and O–H groups in total. The number of nitrogens with two attached hydrogens (primary N) is 1. The highest BCUT2D eigenvalue weighted by molar-refractivity contribution is 6.41. The first-order chi connectivity index (χ1) is 18.2. The summed E-state index contributed by atoms with van der Waals surface area (Å²) in [6, 6.07) is 10.9. The van der Waals surface area contributed by atoms with Crippen LogP contribution in [-0.4, -0.2) is 41.1 Å². The SMILES string of the molecule is COc1cc2c(Nc3ccc(NC(=O)C(=O)Cc4cc(C)on4)cc3F)ccnc2cc1OCC1(N)CC1. The number of anilines is 3. The lowest BCUT2D eigenvalue weighted by atomic mass is 10.1. The third-order valence-electron chi connectivity index (χ3n) is 6.20. The average Bonchev–Trinajstić information content (AvgIpc) is 3.50. The molecule has 0 bridgehead atoms. The Morgan fingerprint density at radius 1 is 1.13 bits per heavy atom. The highest BCUT2D eigenvalue weighted by Crippen LogP contribution is 2.38. The van der Waals surface area contributed by atoms with Gasteiger partial charge in [-0.05, 0) is 50.1 Å². The van der Waals surface area contributed by atoms with Crippen LogP contribution in [-0.2, 0) is 16.0 Å². The number of fused-ring (bicyclic) bond motifs is 1. The van der Waals surface area contributed by atoms with Crippen molar-refractivity contribution in [2.45, 2.75) is 31.7 Å². The molecule has 196 valence electrons. The number of halogens is 1. The summed E-state index contributed by atoms with van der Waals surface area (Å²) in [6.07, 6.45) is 3.22. The normalized spacial score (nSPS) is 13.7. The quantitative estimate of drug-likeness (QED) is 0.265. The number of benzene rings is 2. The number of nitrogens with zero attached hydrogens (tertiary/aromatic N) is 2. The van der Waals surface area contributed by atoms with Gasteiger partial charge in [-0.3, -0.25) is 14.6 Å². The minimum Gasteiger partial charge on any atom is -0.493 e. The van der Waals surface area contributed by atoms with Crippen LogP contribution >= 0.6 is 0 Å². The van der Waals surface area contributed by atoms with Crippen molar-refractivity contribution in [1.82, 2.24) is 10.1 Å². The van der Waals surface area contributed by atoms with E-state index in [-0.39, 0.29) is 23.3 Å². The van der Waals surface area contributed by atoms with Gasteiger partial charge >= 0.3 is 0 Å². The van der Waals surface area contributed by atoms with Crippen LogP contribution in [0, 0.1) is 12.7 Å². The van der Waals surface area contributed by atoms with E-state index < -0.39 is 17.5 Å². The molecule has 2 aromatic heterocycles. The van der Waals surface area contributed by atoms with E-state index >= 15 is 0 Å². The predicted octanol–water partition coefficient (Wildman–Crippen LogP) is 4.04. The highest BCUT2D eigenvalue weighted by Gasteiger charge is 2.39. The first kappa shape index (κ1) is 25.2. The topological polar surface area (TPSA) is 142 Å². The Kier molecular flexibility index (Phi) is 6.68. The Labute approximate surface area is 217 Å². The molecule has 0 spiro atoms. The van der Waals surface area contributed by atoms with Crippen LogP contribution in [0.25, 0.3) is 10.9 Å². The fraction of sp³-hybridized carbons (Fsp3) is 0.259. The summed E-state index contributed by atoms with van der Waals surface area (Å²) in [7, 11) is 1.54. The van der Waals surface area contributed by atoms with Gasteiger partial charge in [0.2, 0.25) is 5.78 Å². The molecular weight excluding hydrogens is 493 g/mol. The van der Waals surface area contributed by atoms with Gasteiger partial charge in [0.1, 0.15) is 18.2 Å². The van der Waals surface area contributed by atoms with Gasteiger partial charge in [-0.1, -0.05) is 5.16 Å². The van der Waals surface area contributed by atoms with Crippen molar-refractivity contribution in [1.29, 1.82) is 0 Å². The summed E-state index contributed by atoms with van der Waals surface area (Å²) < 4.78 is 31.3. The van der Waals surface area contributed by atoms with E-state index in [0.717, 1.165) is 18.9 Å². The van der Waals surface area contributed by atoms with E-state index in [2.05, 4.69) is 20.8 Å². The van der Waals surface area contributed by atoms with Gasteiger partial charge in [0, 0.05) is 35.1 Å². The maximum Gasteiger partial charge on any atom is 0.292 e. The second-order valence-corrected chi connectivity index (χ2v) is 9.33. The monoisotopic (exact) mass is 519 g/mol. The Hall–Kier alpha value is -4.51.